The molecule has 0 atom stereocenters. The van der Waals surface area contributed by atoms with E-state index in [4.69, 9.17) is 0 Å². The van der Waals surface area contributed by atoms with Crippen LogP contribution >= 0.6 is 11.3 Å². The molecule has 0 saturated carbocycles. The van der Waals surface area contributed by atoms with E-state index >= 15 is 0 Å². The van der Waals surface area contributed by atoms with Gasteiger partial charge in [-0.05, 0) is 106 Å². The van der Waals surface area contributed by atoms with E-state index in [1.54, 1.807) is 0 Å². The Morgan fingerprint density at radius 3 is 1.16 bits per heavy atom. The van der Waals surface area contributed by atoms with Crippen LogP contribution in [-0.2, 0) is 0 Å². The lowest BCUT2D eigenvalue weighted by molar-refractivity contribution is 1.17. The van der Waals surface area contributed by atoms with Gasteiger partial charge in [0.2, 0.25) is 0 Å². The van der Waals surface area contributed by atoms with Gasteiger partial charge in [0.1, 0.15) is 0 Å². The van der Waals surface area contributed by atoms with Gasteiger partial charge in [0.15, 0.2) is 0 Å². The van der Waals surface area contributed by atoms with Crippen LogP contribution in [0, 0.1) is 0 Å². The topological polar surface area (TPSA) is 35.6 Å². The number of thiophene rings is 1. The molecule has 11 aromatic rings. The van der Waals surface area contributed by atoms with Crippen LogP contribution in [0.2, 0.25) is 0 Å². The van der Waals surface area contributed by atoms with E-state index in [9.17, 15) is 0 Å². The number of hydrogen-bond acceptors (Lipinski definition) is 3. The summed E-state index contributed by atoms with van der Waals surface area (Å²) in [4.78, 5) is 11.5. The van der Waals surface area contributed by atoms with E-state index in [0.717, 1.165) is 22.4 Å². The molecular weight excluding hydrogens is 689 g/mol. The maximum Gasteiger partial charge on any atom is 0.0724 e. The summed E-state index contributed by atoms with van der Waals surface area (Å²) in [6, 6.07) is 61.2. The Morgan fingerprint density at radius 2 is 0.727 bits per heavy atom. The zero-order valence-corrected chi connectivity index (χ0v) is 30.5. The third-order valence-corrected chi connectivity index (χ3v) is 12.0. The van der Waals surface area contributed by atoms with Gasteiger partial charge in [-0.25, -0.2) is 0 Å². The summed E-state index contributed by atoms with van der Waals surface area (Å²) in [5.74, 6) is 0. The van der Waals surface area contributed by atoms with Crippen LogP contribution in [0.15, 0.2) is 195 Å². The second-order valence-corrected chi connectivity index (χ2v) is 15.0. The summed E-state index contributed by atoms with van der Waals surface area (Å²) in [6.07, 6.45) is 7.74. The highest BCUT2D eigenvalue weighted by atomic mass is 32.1. The minimum Gasteiger partial charge on any atom is -0.308 e. The molecule has 0 bridgehead atoms. The normalized spacial score (nSPS) is 11.6. The molecule has 0 fully saturated rings. The fourth-order valence-corrected chi connectivity index (χ4v) is 9.11. The van der Waals surface area contributed by atoms with E-state index in [-0.39, 0.29) is 0 Å². The molecule has 258 valence electrons. The lowest BCUT2D eigenvalue weighted by Crippen LogP contribution is -1.94. The highest BCUT2D eigenvalue weighted by molar-refractivity contribution is 7.18. The van der Waals surface area contributed by atoms with Crippen LogP contribution < -0.4 is 0 Å². The van der Waals surface area contributed by atoms with Gasteiger partial charge in [-0.3, -0.25) is 9.97 Å². The summed E-state index contributed by atoms with van der Waals surface area (Å²) in [7, 11) is 0. The lowest BCUT2D eigenvalue weighted by atomic mass is 10.1. The molecule has 0 aliphatic carbocycles. The van der Waals surface area contributed by atoms with E-state index in [1.807, 2.05) is 36.1 Å². The molecule has 0 aliphatic heterocycles. The number of aromatic nitrogens is 4. The van der Waals surface area contributed by atoms with E-state index in [2.05, 4.69) is 189 Å². The molecule has 11 rings (SSSR count). The van der Waals surface area contributed by atoms with Crippen LogP contribution in [0.5, 0.6) is 0 Å². The molecule has 4 nitrogen and oxygen atoms in total. The molecule has 5 heteroatoms. The molecule has 0 amide bonds. The molecule has 0 unspecified atom stereocenters. The summed E-state index contributed by atoms with van der Waals surface area (Å²) in [5.41, 5.74) is 14.0. The summed E-state index contributed by atoms with van der Waals surface area (Å²) in [6.45, 7) is 0. The molecule has 6 aromatic carbocycles. The van der Waals surface area contributed by atoms with Crippen molar-refractivity contribution in [3.63, 3.8) is 0 Å². The van der Waals surface area contributed by atoms with Gasteiger partial charge < -0.3 is 9.13 Å². The predicted octanol–water partition coefficient (Wildman–Crippen LogP) is 13.4. The third kappa shape index (κ3) is 5.28. The minimum atomic E-state index is 1.10. The summed E-state index contributed by atoms with van der Waals surface area (Å²) >= 11 is 1.83. The van der Waals surface area contributed by atoms with Gasteiger partial charge >= 0.3 is 0 Å². The first-order valence-corrected chi connectivity index (χ1v) is 19.3. The van der Waals surface area contributed by atoms with Crippen molar-refractivity contribution in [2.24, 2.45) is 0 Å². The molecule has 0 aliphatic rings. The van der Waals surface area contributed by atoms with Crippen LogP contribution in [-0.4, -0.2) is 19.1 Å². The van der Waals surface area contributed by atoms with Crippen molar-refractivity contribution in [1.82, 2.24) is 19.1 Å². The number of rotatable bonds is 6. The van der Waals surface area contributed by atoms with Crippen molar-refractivity contribution in [3.8, 4) is 54.5 Å². The maximum absolute atomic E-state index is 4.53. The smallest absolute Gasteiger partial charge is 0.0724 e. The molecule has 0 radical (unpaired) electrons. The van der Waals surface area contributed by atoms with Gasteiger partial charge in [-0.15, -0.1) is 11.3 Å². The fourth-order valence-electron chi connectivity index (χ4n) is 8.12. The first kappa shape index (κ1) is 31.4. The Morgan fingerprint density at radius 1 is 0.327 bits per heavy atom. The molecule has 5 heterocycles. The zero-order chi connectivity index (χ0) is 36.3. The standard InChI is InChI=1S/C50H32N4S/c1-3-7-33(8-4-1)35-11-17-39(18-12-35)53-45-21-15-37(29-43(45)41-25-27-51-31-47(41)53)49-23-24-50(55-49)38-16-22-46-44(30-38)42-26-28-52-32-48(42)54(46)40-19-13-36(14-20-40)34-9-5-2-6-10-34/h1-32H. The van der Waals surface area contributed by atoms with Gasteiger partial charge in [0, 0.05) is 55.1 Å². The van der Waals surface area contributed by atoms with Crippen molar-refractivity contribution < 1.29 is 0 Å². The second kappa shape index (κ2) is 12.8. The first-order chi connectivity index (χ1) is 27.3. The average molecular weight is 721 g/mol. The quantitative estimate of drug-likeness (QED) is 0.171. The zero-order valence-electron chi connectivity index (χ0n) is 29.7. The third-order valence-electron chi connectivity index (χ3n) is 10.8. The largest absolute Gasteiger partial charge is 0.308 e. The minimum absolute atomic E-state index is 1.10. The Hall–Kier alpha value is -7.08. The Labute approximate surface area is 321 Å². The second-order valence-electron chi connectivity index (χ2n) is 13.9. The Bertz CT molecular complexity index is 2960. The van der Waals surface area contributed by atoms with Crippen molar-refractivity contribution in [1.29, 1.82) is 0 Å². The number of benzene rings is 6. The molecular formula is C50H32N4S. The number of pyridine rings is 2. The molecule has 0 saturated heterocycles. The Kier molecular flexibility index (Phi) is 7.32. The molecule has 0 N–H and O–H groups in total. The summed E-state index contributed by atoms with van der Waals surface area (Å²) < 4.78 is 4.66. The van der Waals surface area contributed by atoms with Gasteiger partial charge in [-0.2, -0.15) is 0 Å². The van der Waals surface area contributed by atoms with Crippen molar-refractivity contribution in [2.45, 2.75) is 0 Å². The van der Waals surface area contributed by atoms with Crippen LogP contribution in [0.4, 0.5) is 0 Å². The number of nitrogens with zero attached hydrogens (tertiary/aromatic N) is 4. The van der Waals surface area contributed by atoms with E-state index < -0.39 is 0 Å². The highest BCUT2D eigenvalue weighted by Crippen LogP contribution is 2.41. The van der Waals surface area contributed by atoms with Crippen LogP contribution in [0.3, 0.4) is 0 Å². The lowest BCUT2D eigenvalue weighted by Gasteiger charge is -2.09. The monoisotopic (exact) mass is 720 g/mol. The van der Waals surface area contributed by atoms with Crippen molar-refractivity contribution >= 4 is 54.9 Å². The van der Waals surface area contributed by atoms with Gasteiger partial charge in [0.25, 0.3) is 0 Å². The molecule has 5 aromatic heterocycles. The van der Waals surface area contributed by atoms with Crippen LogP contribution in [0.1, 0.15) is 0 Å². The SMILES string of the molecule is c1ccc(-c2ccc(-n3c4ccc(-c5ccc(-c6ccc7c(c6)c6ccncc6n7-c6ccc(-c7ccccc7)cc6)s5)cc4c4ccncc43)cc2)cc1. The molecule has 0 spiro atoms. The van der Waals surface area contributed by atoms with Crippen molar-refractivity contribution in [2.75, 3.05) is 0 Å². The van der Waals surface area contributed by atoms with E-state index in [1.165, 1.54) is 75.7 Å². The summed E-state index contributed by atoms with van der Waals surface area (Å²) in [5, 5.41) is 4.83. The number of hydrogen-bond donors (Lipinski definition) is 0. The predicted molar refractivity (Wildman–Crippen MR) is 230 cm³/mol. The fraction of sp³-hybridized carbons (Fsp3) is 0. The maximum atomic E-state index is 4.53. The Balaban J connectivity index is 0.956. The van der Waals surface area contributed by atoms with Gasteiger partial charge in [-0.1, -0.05) is 97.1 Å². The van der Waals surface area contributed by atoms with Crippen molar-refractivity contribution in [3.05, 3.63) is 195 Å². The highest BCUT2D eigenvalue weighted by Gasteiger charge is 2.17. The van der Waals surface area contributed by atoms with E-state index in [0.29, 0.717) is 0 Å². The molecule has 55 heavy (non-hydrogen) atoms. The number of fused-ring (bicyclic) bond motifs is 6. The van der Waals surface area contributed by atoms with Gasteiger partial charge in [0.05, 0.1) is 34.5 Å². The van der Waals surface area contributed by atoms with Crippen LogP contribution in [0.25, 0.3) is 98.1 Å². The average Bonchev–Trinajstić information content (AvgIpc) is 3.97. The first-order valence-electron chi connectivity index (χ1n) is 18.5.